The second kappa shape index (κ2) is 4.80. The van der Waals surface area contributed by atoms with Crippen LogP contribution in [-0.2, 0) is 0 Å². The fourth-order valence-corrected chi connectivity index (χ4v) is 2.58. The lowest BCUT2D eigenvalue weighted by molar-refractivity contribution is 0.619. The van der Waals surface area contributed by atoms with Crippen LogP contribution in [0.1, 0.15) is 11.1 Å². The van der Waals surface area contributed by atoms with Crippen molar-refractivity contribution in [2.75, 3.05) is 0 Å². The summed E-state index contributed by atoms with van der Waals surface area (Å²) in [6.07, 6.45) is 3.32. The third-order valence-corrected chi connectivity index (χ3v) is 3.70. The quantitative estimate of drug-likeness (QED) is 0.565. The van der Waals surface area contributed by atoms with Gasteiger partial charge in [-0.1, -0.05) is 17.7 Å². The van der Waals surface area contributed by atoms with E-state index < -0.39 is 0 Å². The Bertz CT molecular complexity index is 954. The summed E-state index contributed by atoms with van der Waals surface area (Å²) in [5, 5.41) is 7.64. The van der Waals surface area contributed by atoms with Gasteiger partial charge in [-0.15, -0.1) is 10.2 Å². The monoisotopic (exact) mass is 290 g/mol. The van der Waals surface area contributed by atoms with Gasteiger partial charge in [0.1, 0.15) is 18.2 Å². The Balaban J connectivity index is 1.84. The Morgan fingerprint density at radius 1 is 0.955 bits per heavy atom. The third-order valence-electron chi connectivity index (χ3n) is 3.70. The molecule has 0 saturated carbocycles. The summed E-state index contributed by atoms with van der Waals surface area (Å²) in [5.74, 6) is 0.647. The molecule has 0 atom stereocenters. The van der Waals surface area contributed by atoms with E-state index in [1.165, 1.54) is 5.56 Å². The van der Waals surface area contributed by atoms with Gasteiger partial charge in [-0.05, 0) is 43.7 Å². The Morgan fingerprint density at radius 2 is 1.77 bits per heavy atom. The van der Waals surface area contributed by atoms with Crippen molar-refractivity contribution in [3.63, 3.8) is 0 Å². The van der Waals surface area contributed by atoms with Gasteiger partial charge in [-0.25, -0.2) is 4.98 Å². The van der Waals surface area contributed by atoms with Crippen molar-refractivity contribution >= 4 is 11.1 Å². The molecule has 5 heteroatoms. The summed E-state index contributed by atoms with van der Waals surface area (Å²) < 4.78 is 7.73. The number of oxazole rings is 1. The number of hydrogen-bond acceptors (Lipinski definition) is 4. The second-order valence-electron chi connectivity index (χ2n) is 5.36. The molecule has 2 aromatic carbocycles. The molecule has 0 fully saturated rings. The molecule has 2 aromatic heterocycles. The molecule has 108 valence electrons. The molecular formula is C17H14N4O. The van der Waals surface area contributed by atoms with Crippen LogP contribution >= 0.6 is 0 Å². The van der Waals surface area contributed by atoms with Crippen LogP contribution in [0, 0.1) is 13.8 Å². The number of rotatable bonds is 2. The predicted molar refractivity (Wildman–Crippen MR) is 83.8 cm³/mol. The molecule has 22 heavy (non-hydrogen) atoms. The van der Waals surface area contributed by atoms with E-state index in [2.05, 4.69) is 47.2 Å². The second-order valence-corrected chi connectivity index (χ2v) is 5.36. The number of fused-ring (bicyclic) bond motifs is 1. The zero-order valence-electron chi connectivity index (χ0n) is 12.3. The van der Waals surface area contributed by atoms with Gasteiger partial charge in [0.25, 0.3) is 0 Å². The van der Waals surface area contributed by atoms with Crippen molar-refractivity contribution in [3.05, 3.63) is 60.2 Å². The SMILES string of the molecule is Cc1ccc(-c2nc3cc(-n4cnnc4)ccc3o2)c(C)c1. The molecule has 0 radical (unpaired) electrons. The molecule has 0 N–H and O–H groups in total. The van der Waals surface area contributed by atoms with Crippen LogP contribution in [0.5, 0.6) is 0 Å². The van der Waals surface area contributed by atoms with Gasteiger partial charge in [0, 0.05) is 5.56 Å². The highest BCUT2D eigenvalue weighted by Crippen LogP contribution is 2.28. The maximum atomic E-state index is 5.90. The average Bonchev–Trinajstić information content (AvgIpc) is 3.15. The van der Waals surface area contributed by atoms with Gasteiger partial charge in [0.15, 0.2) is 5.58 Å². The maximum Gasteiger partial charge on any atom is 0.227 e. The van der Waals surface area contributed by atoms with E-state index in [1.54, 1.807) is 12.7 Å². The number of hydrogen-bond donors (Lipinski definition) is 0. The van der Waals surface area contributed by atoms with E-state index in [1.807, 2.05) is 22.8 Å². The van der Waals surface area contributed by atoms with Crippen LogP contribution in [0.4, 0.5) is 0 Å². The minimum Gasteiger partial charge on any atom is -0.436 e. The molecule has 0 spiro atoms. The molecule has 0 aliphatic carbocycles. The van der Waals surface area contributed by atoms with Crippen LogP contribution in [0.2, 0.25) is 0 Å². The van der Waals surface area contributed by atoms with Crippen LogP contribution in [-0.4, -0.2) is 19.7 Å². The largest absolute Gasteiger partial charge is 0.436 e. The van der Waals surface area contributed by atoms with E-state index in [0.717, 1.165) is 27.9 Å². The van der Waals surface area contributed by atoms with Crippen molar-refractivity contribution in [2.24, 2.45) is 0 Å². The van der Waals surface area contributed by atoms with Crippen LogP contribution < -0.4 is 0 Å². The molecule has 2 heterocycles. The van der Waals surface area contributed by atoms with Gasteiger partial charge in [0.05, 0.1) is 5.69 Å². The fraction of sp³-hybridized carbons (Fsp3) is 0.118. The first-order valence-corrected chi connectivity index (χ1v) is 7.04. The molecule has 5 nitrogen and oxygen atoms in total. The average molecular weight is 290 g/mol. The lowest BCUT2D eigenvalue weighted by Crippen LogP contribution is -1.89. The lowest BCUT2D eigenvalue weighted by Gasteiger charge is -2.01. The van der Waals surface area contributed by atoms with E-state index in [9.17, 15) is 0 Å². The highest BCUT2D eigenvalue weighted by Gasteiger charge is 2.11. The van der Waals surface area contributed by atoms with Gasteiger partial charge in [-0.3, -0.25) is 4.57 Å². The van der Waals surface area contributed by atoms with E-state index >= 15 is 0 Å². The van der Waals surface area contributed by atoms with Crippen LogP contribution in [0.15, 0.2) is 53.5 Å². The first-order valence-electron chi connectivity index (χ1n) is 7.04. The molecule has 4 rings (SSSR count). The molecule has 4 aromatic rings. The molecule has 0 bridgehead atoms. The summed E-state index contributed by atoms with van der Waals surface area (Å²) in [6.45, 7) is 4.15. The zero-order valence-corrected chi connectivity index (χ0v) is 12.3. The van der Waals surface area contributed by atoms with Crippen molar-refractivity contribution in [1.29, 1.82) is 0 Å². The predicted octanol–water partition coefficient (Wildman–Crippen LogP) is 3.69. The fourth-order valence-electron chi connectivity index (χ4n) is 2.58. The number of aryl methyl sites for hydroxylation is 2. The van der Waals surface area contributed by atoms with Crippen molar-refractivity contribution < 1.29 is 4.42 Å². The summed E-state index contributed by atoms with van der Waals surface area (Å²) in [4.78, 5) is 4.62. The van der Waals surface area contributed by atoms with E-state index in [-0.39, 0.29) is 0 Å². The Morgan fingerprint density at radius 3 is 2.55 bits per heavy atom. The molecule has 0 unspecified atom stereocenters. The molecular weight excluding hydrogens is 276 g/mol. The summed E-state index contributed by atoms with van der Waals surface area (Å²) in [7, 11) is 0. The van der Waals surface area contributed by atoms with Gasteiger partial charge < -0.3 is 4.42 Å². The third kappa shape index (κ3) is 2.07. The van der Waals surface area contributed by atoms with Crippen molar-refractivity contribution in [3.8, 4) is 17.1 Å². The van der Waals surface area contributed by atoms with Gasteiger partial charge in [0.2, 0.25) is 5.89 Å². The van der Waals surface area contributed by atoms with Crippen LogP contribution in [0.25, 0.3) is 28.2 Å². The van der Waals surface area contributed by atoms with E-state index in [0.29, 0.717) is 5.89 Å². The number of aromatic nitrogens is 4. The highest BCUT2D eigenvalue weighted by molar-refractivity contribution is 5.79. The van der Waals surface area contributed by atoms with Crippen LogP contribution in [0.3, 0.4) is 0 Å². The highest BCUT2D eigenvalue weighted by atomic mass is 16.3. The minimum absolute atomic E-state index is 0.647. The Kier molecular flexibility index (Phi) is 2.79. The zero-order chi connectivity index (χ0) is 15.1. The first kappa shape index (κ1) is 12.8. The van der Waals surface area contributed by atoms with Crippen molar-refractivity contribution in [2.45, 2.75) is 13.8 Å². The summed E-state index contributed by atoms with van der Waals surface area (Å²) in [6, 6.07) is 12.1. The number of benzene rings is 2. The van der Waals surface area contributed by atoms with Gasteiger partial charge >= 0.3 is 0 Å². The van der Waals surface area contributed by atoms with Crippen molar-refractivity contribution in [1.82, 2.24) is 19.7 Å². The first-order chi connectivity index (χ1) is 10.7. The normalized spacial score (nSPS) is 11.2. The smallest absolute Gasteiger partial charge is 0.227 e. The molecule has 0 amide bonds. The summed E-state index contributed by atoms with van der Waals surface area (Å²) in [5.41, 5.74) is 5.96. The molecule has 0 aliphatic heterocycles. The molecule has 0 saturated heterocycles. The topological polar surface area (TPSA) is 56.7 Å². The van der Waals surface area contributed by atoms with E-state index in [4.69, 9.17) is 4.42 Å². The maximum absolute atomic E-state index is 5.90. The standard InChI is InChI=1S/C17H14N4O/c1-11-3-5-14(12(2)7-11)17-20-15-8-13(4-6-16(15)22-17)21-9-18-19-10-21/h3-10H,1-2H3. The number of nitrogens with zero attached hydrogens (tertiary/aromatic N) is 4. The molecule has 0 aliphatic rings. The summed E-state index contributed by atoms with van der Waals surface area (Å²) >= 11 is 0. The minimum atomic E-state index is 0.647. The van der Waals surface area contributed by atoms with Gasteiger partial charge in [-0.2, -0.15) is 0 Å². The lowest BCUT2D eigenvalue weighted by atomic mass is 10.1. The Labute approximate surface area is 127 Å². The Hall–Kier alpha value is -2.95.